The van der Waals surface area contributed by atoms with Gasteiger partial charge in [0.2, 0.25) is 11.8 Å². The lowest BCUT2D eigenvalue weighted by Crippen LogP contribution is -2.52. The van der Waals surface area contributed by atoms with Crippen molar-refractivity contribution in [1.29, 1.82) is 0 Å². The monoisotopic (exact) mass is 272 g/mol. The van der Waals surface area contributed by atoms with Crippen molar-refractivity contribution < 1.29 is 14.8 Å². The number of nitrogens with zero attached hydrogens (tertiary/aromatic N) is 2. The Morgan fingerprint density at radius 2 is 1.89 bits per heavy atom. The zero-order valence-corrected chi connectivity index (χ0v) is 12.0. The lowest BCUT2D eigenvalue weighted by atomic mass is 9.84. The number of hydrogen-bond acceptors (Lipinski definition) is 4. The Morgan fingerprint density at radius 1 is 1.37 bits per heavy atom. The van der Waals surface area contributed by atoms with Crippen LogP contribution in [0.5, 0.6) is 0 Å². The average Bonchev–Trinajstić information content (AvgIpc) is 2.33. The van der Waals surface area contributed by atoms with Gasteiger partial charge in [-0.05, 0) is 19.3 Å². The summed E-state index contributed by atoms with van der Waals surface area (Å²) in [6.07, 6.45) is 0.356. The van der Waals surface area contributed by atoms with E-state index in [0.29, 0.717) is 13.0 Å². The Hall–Kier alpha value is -1.79. The number of nitrogens with two attached hydrogens (primary N) is 2. The van der Waals surface area contributed by atoms with Crippen LogP contribution >= 0.6 is 0 Å². The Morgan fingerprint density at radius 3 is 2.21 bits per heavy atom. The Labute approximate surface area is 113 Å². The molecule has 0 spiro atoms. The molecule has 0 rings (SSSR count). The van der Waals surface area contributed by atoms with E-state index in [9.17, 15) is 9.59 Å². The number of carbonyl (C=O) groups is 2. The summed E-state index contributed by atoms with van der Waals surface area (Å²) in [5.41, 5.74) is 9.62. The molecule has 0 bridgehead atoms. The van der Waals surface area contributed by atoms with Gasteiger partial charge in [0, 0.05) is 6.54 Å². The number of carbonyl (C=O) groups excluding carboxylic acids is 2. The van der Waals surface area contributed by atoms with Gasteiger partial charge in [-0.25, -0.2) is 0 Å². The van der Waals surface area contributed by atoms with Gasteiger partial charge in [-0.2, -0.15) is 0 Å². The highest BCUT2D eigenvalue weighted by Crippen LogP contribution is 2.25. The van der Waals surface area contributed by atoms with E-state index in [0.717, 1.165) is 0 Å². The van der Waals surface area contributed by atoms with E-state index >= 15 is 0 Å². The second-order valence-electron chi connectivity index (χ2n) is 5.22. The minimum Gasteiger partial charge on any atom is -0.409 e. The standard InChI is InChI=1S/C12H24N4O3/c1-5-12(4,10(14)15-19)11(18)16(6-8(2)3)7-9(13)17/h8,19H,5-7H2,1-4H3,(H2,13,17)(H2,14,15). The molecule has 5 N–H and O–H groups in total. The molecule has 1 unspecified atom stereocenters. The molecule has 0 aromatic rings. The van der Waals surface area contributed by atoms with Crippen LogP contribution in [0, 0.1) is 11.3 Å². The maximum Gasteiger partial charge on any atom is 0.237 e. The highest BCUT2D eigenvalue weighted by molar-refractivity contribution is 6.06. The Kier molecular flexibility index (Phi) is 6.31. The highest BCUT2D eigenvalue weighted by Gasteiger charge is 2.40. The summed E-state index contributed by atoms with van der Waals surface area (Å²) in [5.74, 6) is -0.945. The van der Waals surface area contributed by atoms with Crippen molar-refractivity contribution in [3.8, 4) is 0 Å². The van der Waals surface area contributed by atoms with E-state index in [1.165, 1.54) is 4.90 Å². The van der Waals surface area contributed by atoms with Gasteiger partial charge in [-0.1, -0.05) is 25.9 Å². The van der Waals surface area contributed by atoms with Gasteiger partial charge in [0.05, 0.1) is 6.54 Å². The van der Waals surface area contributed by atoms with E-state index in [1.807, 2.05) is 13.8 Å². The van der Waals surface area contributed by atoms with Gasteiger partial charge in [-0.15, -0.1) is 0 Å². The van der Waals surface area contributed by atoms with Crippen LogP contribution in [0.25, 0.3) is 0 Å². The summed E-state index contributed by atoms with van der Waals surface area (Å²) in [4.78, 5) is 24.9. The quantitative estimate of drug-likeness (QED) is 0.263. The third-order valence-corrected chi connectivity index (χ3v) is 3.07. The van der Waals surface area contributed by atoms with E-state index in [4.69, 9.17) is 16.7 Å². The fraction of sp³-hybridized carbons (Fsp3) is 0.750. The molecule has 0 heterocycles. The Bertz CT molecular complexity index is 368. The minimum absolute atomic E-state index is 0.168. The number of rotatable bonds is 7. The van der Waals surface area contributed by atoms with Crippen molar-refractivity contribution >= 4 is 17.6 Å². The summed E-state index contributed by atoms with van der Waals surface area (Å²) in [6.45, 7) is 7.40. The van der Waals surface area contributed by atoms with Gasteiger partial charge < -0.3 is 21.6 Å². The lowest BCUT2D eigenvalue weighted by Gasteiger charge is -2.33. The highest BCUT2D eigenvalue weighted by atomic mass is 16.4. The van der Waals surface area contributed by atoms with Gasteiger partial charge in [0.15, 0.2) is 5.84 Å². The number of hydrogen-bond donors (Lipinski definition) is 3. The maximum absolute atomic E-state index is 12.5. The number of primary amides is 1. The molecule has 19 heavy (non-hydrogen) atoms. The molecule has 7 heteroatoms. The number of amidine groups is 1. The third-order valence-electron chi connectivity index (χ3n) is 3.07. The number of amides is 2. The van der Waals surface area contributed by atoms with Crippen LogP contribution in [0.1, 0.15) is 34.1 Å². The molecule has 0 saturated carbocycles. The molecule has 110 valence electrons. The summed E-state index contributed by atoms with van der Waals surface area (Å²) >= 11 is 0. The molecular weight excluding hydrogens is 248 g/mol. The summed E-state index contributed by atoms with van der Waals surface area (Å²) in [7, 11) is 0. The van der Waals surface area contributed by atoms with Crippen molar-refractivity contribution in [2.24, 2.45) is 28.0 Å². The molecular formula is C12H24N4O3. The van der Waals surface area contributed by atoms with Gasteiger partial charge in [-0.3, -0.25) is 9.59 Å². The minimum atomic E-state index is -1.14. The lowest BCUT2D eigenvalue weighted by molar-refractivity contribution is -0.141. The fourth-order valence-electron chi connectivity index (χ4n) is 1.75. The predicted octanol–water partition coefficient (Wildman–Crippen LogP) is 0.119. The number of oxime groups is 1. The molecule has 1 atom stereocenters. The molecule has 0 aliphatic heterocycles. The summed E-state index contributed by atoms with van der Waals surface area (Å²) in [5, 5.41) is 11.7. The molecule has 2 amide bonds. The molecule has 0 saturated heterocycles. The second-order valence-corrected chi connectivity index (χ2v) is 5.22. The summed E-state index contributed by atoms with van der Waals surface area (Å²) < 4.78 is 0. The molecule has 0 aromatic carbocycles. The molecule has 0 fully saturated rings. The van der Waals surface area contributed by atoms with Crippen LogP contribution in [0.15, 0.2) is 5.16 Å². The zero-order valence-electron chi connectivity index (χ0n) is 12.0. The first-order chi connectivity index (χ1) is 8.68. The van der Waals surface area contributed by atoms with E-state index in [2.05, 4.69) is 5.16 Å². The molecule has 0 aromatic heterocycles. The largest absolute Gasteiger partial charge is 0.409 e. The van der Waals surface area contributed by atoms with Crippen LogP contribution in [0.3, 0.4) is 0 Å². The topological polar surface area (TPSA) is 122 Å². The van der Waals surface area contributed by atoms with Crippen LogP contribution in [-0.2, 0) is 9.59 Å². The van der Waals surface area contributed by atoms with Crippen molar-refractivity contribution in [1.82, 2.24) is 4.90 Å². The predicted molar refractivity (Wildman–Crippen MR) is 72.4 cm³/mol. The molecule has 0 radical (unpaired) electrons. The van der Waals surface area contributed by atoms with Crippen LogP contribution in [0.4, 0.5) is 0 Å². The Balaban J connectivity index is 5.30. The SMILES string of the molecule is CCC(C)(C(=O)N(CC(N)=O)CC(C)C)C(N)=NO. The van der Waals surface area contributed by atoms with Crippen molar-refractivity contribution in [2.45, 2.75) is 34.1 Å². The van der Waals surface area contributed by atoms with Crippen LogP contribution in [0.2, 0.25) is 0 Å². The van der Waals surface area contributed by atoms with Crippen LogP contribution in [-0.4, -0.2) is 40.8 Å². The van der Waals surface area contributed by atoms with E-state index in [1.54, 1.807) is 13.8 Å². The second kappa shape index (κ2) is 6.96. The first-order valence-corrected chi connectivity index (χ1v) is 6.24. The smallest absolute Gasteiger partial charge is 0.237 e. The maximum atomic E-state index is 12.5. The van der Waals surface area contributed by atoms with Gasteiger partial charge in [0.1, 0.15) is 5.41 Å². The van der Waals surface area contributed by atoms with Crippen molar-refractivity contribution in [3.05, 3.63) is 0 Å². The first kappa shape index (κ1) is 17.2. The van der Waals surface area contributed by atoms with Gasteiger partial charge in [0.25, 0.3) is 0 Å². The summed E-state index contributed by atoms with van der Waals surface area (Å²) in [6, 6.07) is 0. The van der Waals surface area contributed by atoms with Crippen LogP contribution < -0.4 is 11.5 Å². The van der Waals surface area contributed by atoms with E-state index < -0.39 is 11.3 Å². The zero-order chi connectivity index (χ0) is 15.2. The molecule has 7 nitrogen and oxygen atoms in total. The third kappa shape index (κ3) is 4.42. The molecule has 0 aliphatic carbocycles. The average molecular weight is 272 g/mol. The van der Waals surface area contributed by atoms with Crippen molar-refractivity contribution in [3.63, 3.8) is 0 Å². The molecule has 0 aliphatic rings. The van der Waals surface area contributed by atoms with Crippen molar-refractivity contribution in [2.75, 3.05) is 13.1 Å². The normalized spacial score (nSPS) is 15.1. The van der Waals surface area contributed by atoms with Gasteiger partial charge >= 0.3 is 0 Å². The first-order valence-electron chi connectivity index (χ1n) is 6.24. The van der Waals surface area contributed by atoms with E-state index in [-0.39, 0.29) is 24.2 Å². The fourth-order valence-corrected chi connectivity index (χ4v) is 1.75.